The van der Waals surface area contributed by atoms with E-state index in [0.29, 0.717) is 0 Å². The van der Waals surface area contributed by atoms with Crippen LogP contribution in [0.2, 0.25) is 0 Å². The molecule has 2 atom stereocenters. The SMILES string of the molecule is CCCC(C)N1C(=O)OCC1CF. The molecule has 1 fully saturated rings. The first kappa shape index (κ1) is 10.3. The zero-order valence-corrected chi connectivity index (χ0v) is 8.12. The Labute approximate surface area is 77.9 Å². The Morgan fingerprint density at radius 3 is 3.00 bits per heavy atom. The standard InChI is InChI=1S/C9H16FNO2/c1-3-4-7(2)11-8(5-10)6-13-9(11)12/h7-8H,3-6H2,1-2H3. The van der Waals surface area contributed by atoms with Crippen LogP contribution in [0.3, 0.4) is 0 Å². The molecule has 0 spiro atoms. The van der Waals surface area contributed by atoms with Gasteiger partial charge < -0.3 is 4.74 Å². The second-order valence-electron chi connectivity index (χ2n) is 3.43. The molecule has 1 amide bonds. The number of halogens is 1. The highest BCUT2D eigenvalue weighted by molar-refractivity contribution is 5.70. The van der Waals surface area contributed by atoms with Gasteiger partial charge in [0.1, 0.15) is 13.3 Å². The summed E-state index contributed by atoms with van der Waals surface area (Å²) in [6, 6.07) is -0.283. The van der Waals surface area contributed by atoms with Crippen LogP contribution < -0.4 is 0 Å². The van der Waals surface area contributed by atoms with Gasteiger partial charge in [-0.05, 0) is 13.3 Å². The van der Waals surface area contributed by atoms with Gasteiger partial charge in [-0.3, -0.25) is 4.90 Å². The van der Waals surface area contributed by atoms with E-state index >= 15 is 0 Å². The third kappa shape index (κ3) is 2.11. The molecule has 76 valence electrons. The molecule has 4 heteroatoms. The van der Waals surface area contributed by atoms with Crippen LogP contribution in [0.15, 0.2) is 0 Å². The van der Waals surface area contributed by atoms with Crippen LogP contribution in [0.5, 0.6) is 0 Å². The minimum atomic E-state index is -0.514. The molecule has 0 aliphatic carbocycles. The largest absolute Gasteiger partial charge is 0.447 e. The summed E-state index contributed by atoms with van der Waals surface area (Å²) in [5.74, 6) is 0. The van der Waals surface area contributed by atoms with Crippen LogP contribution in [-0.2, 0) is 4.74 Å². The number of hydrogen-bond acceptors (Lipinski definition) is 2. The van der Waals surface area contributed by atoms with Crippen molar-refractivity contribution in [2.24, 2.45) is 0 Å². The number of nitrogens with zero attached hydrogens (tertiary/aromatic N) is 1. The van der Waals surface area contributed by atoms with Crippen LogP contribution >= 0.6 is 0 Å². The number of carbonyl (C=O) groups is 1. The van der Waals surface area contributed by atoms with Crippen molar-refractivity contribution < 1.29 is 13.9 Å². The first-order valence-corrected chi connectivity index (χ1v) is 4.71. The lowest BCUT2D eigenvalue weighted by Crippen LogP contribution is -2.41. The molecule has 0 aromatic rings. The summed E-state index contributed by atoms with van der Waals surface area (Å²) in [6.07, 6.45) is 1.51. The van der Waals surface area contributed by atoms with Crippen molar-refractivity contribution >= 4 is 6.09 Å². The normalized spacial score (nSPS) is 24.7. The Balaban J connectivity index is 2.57. The molecular weight excluding hydrogens is 173 g/mol. The number of alkyl halides is 1. The molecule has 1 saturated heterocycles. The monoisotopic (exact) mass is 189 g/mol. The van der Waals surface area contributed by atoms with Crippen LogP contribution in [-0.4, -0.2) is 36.4 Å². The van der Waals surface area contributed by atoms with E-state index in [-0.39, 0.29) is 24.8 Å². The fourth-order valence-corrected chi connectivity index (χ4v) is 1.69. The van der Waals surface area contributed by atoms with Gasteiger partial charge in [-0.25, -0.2) is 9.18 Å². The molecule has 13 heavy (non-hydrogen) atoms. The second-order valence-corrected chi connectivity index (χ2v) is 3.43. The predicted molar refractivity (Wildman–Crippen MR) is 47.3 cm³/mol. The van der Waals surface area contributed by atoms with Crippen molar-refractivity contribution in [2.75, 3.05) is 13.3 Å². The summed E-state index contributed by atoms with van der Waals surface area (Å²) < 4.78 is 17.2. The minimum Gasteiger partial charge on any atom is -0.447 e. The lowest BCUT2D eigenvalue weighted by atomic mass is 10.1. The molecule has 2 unspecified atom stereocenters. The molecule has 1 aliphatic rings. The van der Waals surface area contributed by atoms with Gasteiger partial charge in [0.15, 0.2) is 0 Å². The number of cyclic esters (lactones) is 1. The molecule has 0 N–H and O–H groups in total. The summed E-state index contributed by atoms with van der Waals surface area (Å²) in [6.45, 7) is 3.66. The van der Waals surface area contributed by atoms with Crippen LogP contribution in [0, 0.1) is 0 Å². The Kier molecular flexibility index (Phi) is 3.51. The van der Waals surface area contributed by atoms with Crippen molar-refractivity contribution in [3.05, 3.63) is 0 Å². The van der Waals surface area contributed by atoms with Gasteiger partial charge in [-0.1, -0.05) is 13.3 Å². The fraction of sp³-hybridized carbons (Fsp3) is 0.889. The van der Waals surface area contributed by atoms with E-state index < -0.39 is 6.67 Å². The van der Waals surface area contributed by atoms with E-state index in [9.17, 15) is 9.18 Å². The van der Waals surface area contributed by atoms with Crippen LogP contribution in [0.4, 0.5) is 9.18 Å². The first-order chi connectivity index (χ1) is 6.20. The van der Waals surface area contributed by atoms with E-state index in [1.54, 1.807) is 0 Å². The summed E-state index contributed by atoms with van der Waals surface area (Å²) in [4.78, 5) is 12.7. The molecule has 1 heterocycles. The topological polar surface area (TPSA) is 29.5 Å². The highest BCUT2D eigenvalue weighted by Crippen LogP contribution is 2.18. The fourth-order valence-electron chi connectivity index (χ4n) is 1.69. The zero-order valence-electron chi connectivity index (χ0n) is 8.12. The third-order valence-corrected chi connectivity index (χ3v) is 2.36. The highest BCUT2D eigenvalue weighted by Gasteiger charge is 2.35. The number of amides is 1. The van der Waals surface area contributed by atoms with E-state index in [0.717, 1.165) is 12.8 Å². The Bertz CT molecular complexity index is 186. The van der Waals surface area contributed by atoms with Crippen molar-refractivity contribution in [3.8, 4) is 0 Å². The van der Waals surface area contributed by atoms with Gasteiger partial charge in [0.05, 0.1) is 6.04 Å². The molecule has 3 nitrogen and oxygen atoms in total. The smallest absolute Gasteiger partial charge is 0.410 e. The summed E-state index contributed by atoms with van der Waals surface area (Å²) >= 11 is 0. The second kappa shape index (κ2) is 4.44. The maximum absolute atomic E-state index is 12.4. The lowest BCUT2D eigenvalue weighted by Gasteiger charge is -2.25. The molecule has 0 aromatic carbocycles. The van der Waals surface area contributed by atoms with Crippen LogP contribution in [0.25, 0.3) is 0 Å². The zero-order chi connectivity index (χ0) is 9.84. The molecule has 0 saturated carbocycles. The minimum absolute atomic E-state index is 0.0840. The Morgan fingerprint density at radius 2 is 2.46 bits per heavy atom. The summed E-state index contributed by atoms with van der Waals surface area (Å²) in [5, 5.41) is 0. The highest BCUT2D eigenvalue weighted by atomic mass is 19.1. The lowest BCUT2D eigenvalue weighted by molar-refractivity contribution is 0.142. The number of hydrogen-bond donors (Lipinski definition) is 0. The number of carbonyl (C=O) groups excluding carboxylic acids is 1. The average Bonchev–Trinajstić information content (AvgIpc) is 2.47. The van der Waals surface area contributed by atoms with E-state index in [2.05, 4.69) is 0 Å². The van der Waals surface area contributed by atoms with E-state index in [4.69, 9.17) is 4.74 Å². The first-order valence-electron chi connectivity index (χ1n) is 4.71. The molecule has 0 aromatic heterocycles. The number of ether oxygens (including phenoxy) is 1. The van der Waals surface area contributed by atoms with Crippen LogP contribution in [0.1, 0.15) is 26.7 Å². The number of rotatable bonds is 4. The van der Waals surface area contributed by atoms with Crippen molar-refractivity contribution in [3.63, 3.8) is 0 Å². The maximum atomic E-state index is 12.4. The van der Waals surface area contributed by atoms with Crippen molar-refractivity contribution in [2.45, 2.75) is 38.8 Å². The summed E-state index contributed by atoms with van der Waals surface area (Å²) in [7, 11) is 0. The quantitative estimate of drug-likeness (QED) is 0.676. The molecule has 1 rings (SSSR count). The summed E-state index contributed by atoms with van der Waals surface area (Å²) in [5.41, 5.74) is 0. The van der Waals surface area contributed by atoms with Crippen molar-refractivity contribution in [1.82, 2.24) is 4.90 Å². The van der Waals surface area contributed by atoms with Gasteiger partial charge in [0, 0.05) is 6.04 Å². The average molecular weight is 189 g/mol. The Morgan fingerprint density at radius 1 is 1.77 bits per heavy atom. The van der Waals surface area contributed by atoms with Gasteiger partial charge >= 0.3 is 6.09 Å². The van der Waals surface area contributed by atoms with Gasteiger partial charge in [0.2, 0.25) is 0 Å². The third-order valence-electron chi connectivity index (χ3n) is 2.36. The van der Waals surface area contributed by atoms with E-state index in [1.165, 1.54) is 4.90 Å². The van der Waals surface area contributed by atoms with E-state index in [1.807, 2.05) is 13.8 Å². The van der Waals surface area contributed by atoms with Gasteiger partial charge in [-0.15, -0.1) is 0 Å². The van der Waals surface area contributed by atoms with Gasteiger partial charge in [0.25, 0.3) is 0 Å². The predicted octanol–water partition coefficient (Wildman–Crippen LogP) is 1.97. The molecule has 1 aliphatic heterocycles. The maximum Gasteiger partial charge on any atom is 0.410 e. The Hall–Kier alpha value is -0.800. The molecule has 0 bridgehead atoms. The van der Waals surface area contributed by atoms with Gasteiger partial charge in [-0.2, -0.15) is 0 Å². The van der Waals surface area contributed by atoms with Crippen molar-refractivity contribution in [1.29, 1.82) is 0 Å². The molecular formula is C9H16FNO2. The molecule has 0 radical (unpaired) electrons.